The van der Waals surface area contributed by atoms with Crippen LogP contribution in [0.1, 0.15) is 10.4 Å². The van der Waals surface area contributed by atoms with E-state index in [2.05, 4.69) is 5.32 Å². The van der Waals surface area contributed by atoms with E-state index in [0.717, 1.165) is 0 Å². The van der Waals surface area contributed by atoms with Crippen molar-refractivity contribution in [3.05, 3.63) is 29.8 Å². The molecule has 0 spiro atoms. The van der Waals surface area contributed by atoms with Crippen LogP contribution in [-0.2, 0) is 4.79 Å². The highest BCUT2D eigenvalue weighted by Crippen LogP contribution is 2.05. The lowest BCUT2D eigenvalue weighted by Crippen LogP contribution is -2.36. The second-order valence-electron chi connectivity index (χ2n) is 3.60. The number of nitrogens with one attached hydrogen (secondary N) is 1. The zero-order valence-electron chi connectivity index (χ0n) is 9.36. The molecule has 3 N–H and O–H groups in total. The van der Waals surface area contributed by atoms with E-state index in [-0.39, 0.29) is 18.4 Å². The molecule has 0 aliphatic rings. The fraction of sp³-hybridized carbons (Fsp3) is 0.273. The number of benzene rings is 1. The number of anilines is 1. The number of nitrogens with two attached hydrogens (primary N) is 1. The first-order valence-corrected chi connectivity index (χ1v) is 4.84. The van der Waals surface area contributed by atoms with Crippen molar-refractivity contribution in [3.8, 4) is 0 Å². The molecule has 0 bridgehead atoms. The van der Waals surface area contributed by atoms with Crippen molar-refractivity contribution in [1.29, 1.82) is 0 Å². The van der Waals surface area contributed by atoms with Crippen LogP contribution >= 0.6 is 0 Å². The Morgan fingerprint density at radius 1 is 1.38 bits per heavy atom. The summed E-state index contributed by atoms with van der Waals surface area (Å²) in [6, 6.07) is 6.60. The molecule has 0 heterocycles. The molecule has 5 heteroatoms. The van der Waals surface area contributed by atoms with Crippen molar-refractivity contribution < 1.29 is 9.59 Å². The normalized spacial score (nSPS) is 9.62. The molecule has 0 aliphatic carbocycles. The summed E-state index contributed by atoms with van der Waals surface area (Å²) in [7, 11) is 3.27. The molecule has 5 nitrogen and oxygen atoms in total. The first kappa shape index (κ1) is 12.0. The van der Waals surface area contributed by atoms with Crippen LogP contribution in [0.3, 0.4) is 0 Å². The Labute approximate surface area is 94.2 Å². The van der Waals surface area contributed by atoms with Gasteiger partial charge in [0.1, 0.15) is 0 Å². The van der Waals surface area contributed by atoms with Gasteiger partial charge in [-0.05, 0) is 18.2 Å². The van der Waals surface area contributed by atoms with Crippen LogP contribution < -0.4 is 11.1 Å². The number of hydrogen-bond donors (Lipinski definition) is 2. The van der Waals surface area contributed by atoms with Crippen LogP contribution in [0.15, 0.2) is 24.3 Å². The molecule has 0 aliphatic heterocycles. The Kier molecular flexibility index (Phi) is 3.88. The summed E-state index contributed by atoms with van der Waals surface area (Å²) in [5.41, 5.74) is 6.52. The van der Waals surface area contributed by atoms with Gasteiger partial charge in [-0.2, -0.15) is 0 Å². The summed E-state index contributed by atoms with van der Waals surface area (Å²) in [5, 5.41) is 2.52. The Hall–Kier alpha value is -2.04. The number of carbonyl (C=O) groups excluding carboxylic acids is 2. The highest BCUT2D eigenvalue weighted by atomic mass is 16.2. The van der Waals surface area contributed by atoms with Gasteiger partial charge in [-0.3, -0.25) is 9.59 Å². The quantitative estimate of drug-likeness (QED) is 0.710. The van der Waals surface area contributed by atoms with E-state index in [0.29, 0.717) is 11.3 Å². The summed E-state index contributed by atoms with van der Waals surface area (Å²) >= 11 is 0. The second-order valence-corrected chi connectivity index (χ2v) is 3.60. The van der Waals surface area contributed by atoms with Crippen molar-refractivity contribution >= 4 is 17.5 Å². The monoisotopic (exact) mass is 221 g/mol. The zero-order chi connectivity index (χ0) is 12.1. The van der Waals surface area contributed by atoms with E-state index in [1.165, 1.54) is 4.90 Å². The fourth-order valence-corrected chi connectivity index (χ4v) is 1.10. The van der Waals surface area contributed by atoms with Crippen molar-refractivity contribution in [2.75, 3.05) is 26.4 Å². The fourth-order valence-electron chi connectivity index (χ4n) is 1.10. The van der Waals surface area contributed by atoms with Gasteiger partial charge in [0.25, 0.3) is 5.91 Å². The van der Waals surface area contributed by atoms with Gasteiger partial charge < -0.3 is 16.0 Å². The minimum absolute atomic E-state index is 0.0133. The van der Waals surface area contributed by atoms with Gasteiger partial charge in [0.15, 0.2) is 0 Å². The number of carbonyl (C=O) groups is 2. The molecule has 0 radical (unpaired) electrons. The molecular formula is C11H15N3O2. The van der Waals surface area contributed by atoms with Crippen LogP contribution in [0.2, 0.25) is 0 Å². The summed E-state index contributed by atoms with van der Waals surface area (Å²) in [6.45, 7) is -0.0133. The Bertz CT molecular complexity index is 402. The van der Waals surface area contributed by atoms with Gasteiger partial charge in [-0.15, -0.1) is 0 Å². The van der Waals surface area contributed by atoms with E-state index < -0.39 is 0 Å². The molecule has 0 saturated carbocycles. The summed E-state index contributed by atoms with van der Waals surface area (Å²) in [5.74, 6) is -0.459. The van der Waals surface area contributed by atoms with E-state index in [9.17, 15) is 9.59 Å². The molecule has 0 unspecified atom stereocenters. The average molecular weight is 221 g/mol. The highest BCUT2D eigenvalue weighted by Gasteiger charge is 2.08. The molecule has 0 aromatic heterocycles. The van der Waals surface area contributed by atoms with Crippen LogP contribution in [-0.4, -0.2) is 37.4 Å². The molecule has 0 saturated heterocycles. The maximum Gasteiger partial charge on any atom is 0.251 e. The van der Waals surface area contributed by atoms with Crippen LogP contribution in [0.4, 0.5) is 5.69 Å². The zero-order valence-corrected chi connectivity index (χ0v) is 9.36. The van der Waals surface area contributed by atoms with E-state index in [1.54, 1.807) is 38.4 Å². The van der Waals surface area contributed by atoms with Gasteiger partial charge in [-0.1, -0.05) is 6.07 Å². The third-order valence-corrected chi connectivity index (χ3v) is 2.05. The summed E-state index contributed by atoms with van der Waals surface area (Å²) in [6.07, 6.45) is 0. The summed E-state index contributed by atoms with van der Waals surface area (Å²) < 4.78 is 0. The van der Waals surface area contributed by atoms with E-state index in [4.69, 9.17) is 5.73 Å². The first-order valence-electron chi connectivity index (χ1n) is 4.84. The molecule has 1 aromatic rings. The molecule has 86 valence electrons. The Morgan fingerprint density at radius 2 is 2.06 bits per heavy atom. The van der Waals surface area contributed by atoms with Crippen molar-refractivity contribution in [3.63, 3.8) is 0 Å². The number of hydrogen-bond acceptors (Lipinski definition) is 3. The summed E-state index contributed by atoms with van der Waals surface area (Å²) in [4.78, 5) is 24.2. The lowest BCUT2D eigenvalue weighted by Gasteiger charge is -2.10. The average Bonchev–Trinajstić information content (AvgIpc) is 2.25. The van der Waals surface area contributed by atoms with Crippen molar-refractivity contribution in [2.24, 2.45) is 0 Å². The van der Waals surface area contributed by atoms with Crippen molar-refractivity contribution in [1.82, 2.24) is 10.2 Å². The van der Waals surface area contributed by atoms with Gasteiger partial charge >= 0.3 is 0 Å². The molecule has 1 rings (SSSR count). The molecule has 0 atom stereocenters. The Balaban J connectivity index is 2.57. The topological polar surface area (TPSA) is 75.4 Å². The van der Waals surface area contributed by atoms with Gasteiger partial charge in [0.2, 0.25) is 5.91 Å². The number of nitrogen functional groups attached to an aromatic ring is 1. The minimum atomic E-state index is -0.303. The maximum atomic E-state index is 11.6. The number of likely N-dealkylation sites (N-methyl/N-ethyl adjacent to an activating group) is 1. The smallest absolute Gasteiger partial charge is 0.251 e. The van der Waals surface area contributed by atoms with Crippen LogP contribution in [0, 0.1) is 0 Å². The number of amides is 2. The Morgan fingerprint density at radius 3 is 2.62 bits per heavy atom. The van der Waals surface area contributed by atoms with Crippen LogP contribution in [0.5, 0.6) is 0 Å². The molecule has 1 aromatic carbocycles. The van der Waals surface area contributed by atoms with Gasteiger partial charge in [-0.25, -0.2) is 0 Å². The second kappa shape index (κ2) is 5.16. The molecule has 2 amide bonds. The molecule has 0 fully saturated rings. The lowest BCUT2D eigenvalue weighted by atomic mass is 10.2. The lowest BCUT2D eigenvalue weighted by molar-refractivity contribution is -0.127. The first-order chi connectivity index (χ1) is 7.50. The standard InChI is InChI=1S/C11H15N3O2/c1-14(2)10(15)7-13-11(16)8-4-3-5-9(12)6-8/h3-6H,7,12H2,1-2H3,(H,13,16). The number of nitrogens with zero attached hydrogens (tertiary/aromatic N) is 1. The molecular weight excluding hydrogens is 206 g/mol. The van der Waals surface area contributed by atoms with E-state index in [1.807, 2.05) is 0 Å². The largest absolute Gasteiger partial charge is 0.399 e. The minimum Gasteiger partial charge on any atom is -0.399 e. The highest BCUT2D eigenvalue weighted by molar-refractivity contribution is 5.97. The third kappa shape index (κ3) is 3.27. The maximum absolute atomic E-state index is 11.6. The van der Waals surface area contributed by atoms with Crippen molar-refractivity contribution in [2.45, 2.75) is 0 Å². The van der Waals surface area contributed by atoms with Gasteiger partial charge in [0.05, 0.1) is 6.54 Å². The predicted molar refractivity (Wildman–Crippen MR) is 61.9 cm³/mol. The third-order valence-electron chi connectivity index (χ3n) is 2.05. The number of rotatable bonds is 3. The van der Waals surface area contributed by atoms with E-state index >= 15 is 0 Å². The van der Waals surface area contributed by atoms with Gasteiger partial charge in [0, 0.05) is 25.3 Å². The predicted octanol–water partition coefficient (Wildman–Crippen LogP) is 0.0868. The van der Waals surface area contributed by atoms with Crippen LogP contribution in [0.25, 0.3) is 0 Å². The molecule has 16 heavy (non-hydrogen) atoms. The SMILES string of the molecule is CN(C)C(=O)CNC(=O)c1cccc(N)c1.